The summed E-state index contributed by atoms with van der Waals surface area (Å²) in [5.41, 5.74) is 0.950. The Balaban J connectivity index is 1.75. The van der Waals surface area contributed by atoms with Gasteiger partial charge in [-0.2, -0.15) is 0 Å². The van der Waals surface area contributed by atoms with E-state index in [2.05, 4.69) is 15.9 Å². The Bertz CT molecular complexity index is 394. The highest BCUT2D eigenvalue weighted by Crippen LogP contribution is 2.32. The molecule has 4 atom stereocenters. The van der Waals surface area contributed by atoms with Crippen molar-refractivity contribution in [2.75, 3.05) is 13.2 Å². The lowest BCUT2D eigenvalue weighted by atomic mass is 10.1. The first-order chi connectivity index (χ1) is 8.24. The van der Waals surface area contributed by atoms with E-state index in [-0.39, 0.29) is 12.2 Å². The number of rotatable bonds is 1. The number of benzene rings is 1. The van der Waals surface area contributed by atoms with E-state index >= 15 is 0 Å². The van der Waals surface area contributed by atoms with Crippen LogP contribution in [0.25, 0.3) is 0 Å². The molecule has 0 aromatic heterocycles. The second kappa shape index (κ2) is 4.66. The van der Waals surface area contributed by atoms with Gasteiger partial charge in [0.1, 0.15) is 18.3 Å². The fourth-order valence-electron chi connectivity index (χ4n) is 2.14. The number of aliphatic hydroxyl groups excluding tert-OH is 1. The molecule has 0 spiro atoms. The zero-order valence-corrected chi connectivity index (χ0v) is 10.7. The molecule has 3 rings (SSSR count). The van der Waals surface area contributed by atoms with E-state index in [1.54, 1.807) is 0 Å². The molecule has 2 saturated heterocycles. The smallest absolute Gasteiger partial charge is 0.184 e. The largest absolute Gasteiger partial charge is 0.388 e. The molecular weight excluding hydrogens is 288 g/mol. The van der Waals surface area contributed by atoms with Crippen LogP contribution in [0.3, 0.4) is 0 Å². The third-order valence-electron chi connectivity index (χ3n) is 3.06. The van der Waals surface area contributed by atoms with Gasteiger partial charge in [0.2, 0.25) is 0 Å². The number of halogens is 1. The lowest BCUT2D eigenvalue weighted by Gasteiger charge is -2.32. The van der Waals surface area contributed by atoms with Crippen molar-refractivity contribution in [1.29, 1.82) is 0 Å². The number of aliphatic hydroxyl groups is 1. The third kappa shape index (κ3) is 2.26. The van der Waals surface area contributed by atoms with Gasteiger partial charge in [-0.25, -0.2) is 0 Å². The van der Waals surface area contributed by atoms with Gasteiger partial charge in [-0.15, -0.1) is 0 Å². The molecule has 0 amide bonds. The van der Waals surface area contributed by atoms with Crippen LogP contribution in [-0.2, 0) is 14.2 Å². The van der Waals surface area contributed by atoms with Crippen molar-refractivity contribution in [2.24, 2.45) is 0 Å². The maximum atomic E-state index is 9.72. The first-order valence-electron chi connectivity index (χ1n) is 5.56. The number of hydrogen-bond donors (Lipinski definition) is 1. The van der Waals surface area contributed by atoms with Gasteiger partial charge in [0, 0.05) is 10.0 Å². The first-order valence-corrected chi connectivity index (χ1v) is 6.35. The number of hydrogen-bond acceptors (Lipinski definition) is 4. The fraction of sp³-hybridized carbons (Fsp3) is 0.500. The van der Waals surface area contributed by atoms with Crippen molar-refractivity contribution >= 4 is 15.9 Å². The molecule has 17 heavy (non-hydrogen) atoms. The quantitative estimate of drug-likeness (QED) is 0.856. The molecular formula is C12H13BrO4. The number of ether oxygens (including phenoxy) is 3. The Morgan fingerprint density at radius 2 is 1.88 bits per heavy atom. The van der Waals surface area contributed by atoms with Crippen molar-refractivity contribution in [3.8, 4) is 0 Å². The van der Waals surface area contributed by atoms with Gasteiger partial charge in [-0.1, -0.05) is 28.1 Å². The predicted molar refractivity (Wildman–Crippen MR) is 63.5 cm³/mol. The summed E-state index contributed by atoms with van der Waals surface area (Å²) in [4.78, 5) is 0. The second-order valence-electron chi connectivity index (χ2n) is 4.26. The topological polar surface area (TPSA) is 47.9 Å². The maximum absolute atomic E-state index is 9.72. The molecule has 0 radical (unpaired) electrons. The lowest BCUT2D eigenvalue weighted by molar-refractivity contribution is -0.252. The van der Waals surface area contributed by atoms with Crippen LogP contribution in [0.15, 0.2) is 28.7 Å². The summed E-state index contributed by atoms with van der Waals surface area (Å²) in [5.74, 6) is 0. The van der Waals surface area contributed by atoms with Crippen LogP contribution in [-0.4, -0.2) is 36.6 Å². The average molecular weight is 301 g/mol. The van der Waals surface area contributed by atoms with Gasteiger partial charge in [0.25, 0.3) is 0 Å². The Hall–Kier alpha value is -0.460. The van der Waals surface area contributed by atoms with E-state index in [0.29, 0.717) is 13.2 Å². The molecule has 92 valence electrons. The first kappa shape index (κ1) is 11.6. The van der Waals surface area contributed by atoms with Crippen LogP contribution >= 0.6 is 15.9 Å². The van der Waals surface area contributed by atoms with Crippen LogP contribution in [0, 0.1) is 0 Å². The summed E-state index contributed by atoms with van der Waals surface area (Å²) >= 11 is 3.38. The molecule has 0 unspecified atom stereocenters. The SMILES string of the molecule is O[C@@H]1CO[C@H]2CO[C@@H](c3ccc(Br)cc3)O[C@@H]12. The second-order valence-corrected chi connectivity index (χ2v) is 5.17. The van der Waals surface area contributed by atoms with Crippen LogP contribution < -0.4 is 0 Å². The van der Waals surface area contributed by atoms with Gasteiger partial charge in [-0.3, -0.25) is 0 Å². The van der Waals surface area contributed by atoms with Crippen molar-refractivity contribution in [2.45, 2.75) is 24.6 Å². The Morgan fingerprint density at radius 1 is 1.12 bits per heavy atom. The molecule has 1 aromatic carbocycles. The standard InChI is InChI=1S/C12H13BrO4/c13-8-3-1-7(2-4-8)12-16-6-10-11(17-12)9(14)5-15-10/h1-4,9-12,14H,5-6H2/t9-,10+,11+,12-/m1/s1. The highest BCUT2D eigenvalue weighted by atomic mass is 79.9. The Kier molecular flexibility index (Phi) is 3.19. The lowest BCUT2D eigenvalue weighted by Crippen LogP contribution is -2.42. The summed E-state index contributed by atoms with van der Waals surface area (Å²) in [5, 5.41) is 9.72. The molecule has 2 aliphatic rings. The highest BCUT2D eigenvalue weighted by Gasteiger charge is 2.42. The monoisotopic (exact) mass is 300 g/mol. The van der Waals surface area contributed by atoms with Gasteiger partial charge < -0.3 is 19.3 Å². The van der Waals surface area contributed by atoms with Crippen LogP contribution in [0.4, 0.5) is 0 Å². The van der Waals surface area contributed by atoms with Crippen LogP contribution in [0.1, 0.15) is 11.9 Å². The van der Waals surface area contributed by atoms with Gasteiger partial charge in [0.05, 0.1) is 13.2 Å². The summed E-state index contributed by atoms with van der Waals surface area (Å²) in [6.07, 6.45) is -1.39. The molecule has 2 heterocycles. The molecule has 1 aromatic rings. The fourth-order valence-corrected chi connectivity index (χ4v) is 2.40. The minimum Gasteiger partial charge on any atom is -0.388 e. The molecule has 0 saturated carbocycles. The van der Waals surface area contributed by atoms with Gasteiger partial charge in [0.15, 0.2) is 6.29 Å². The normalized spacial score (nSPS) is 36.8. The van der Waals surface area contributed by atoms with Gasteiger partial charge >= 0.3 is 0 Å². The minimum absolute atomic E-state index is 0.142. The van der Waals surface area contributed by atoms with E-state index in [0.717, 1.165) is 10.0 Å². The molecule has 2 aliphatic heterocycles. The van der Waals surface area contributed by atoms with E-state index in [1.807, 2.05) is 24.3 Å². The van der Waals surface area contributed by atoms with E-state index < -0.39 is 12.4 Å². The summed E-state index contributed by atoms with van der Waals surface area (Å²) in [6.45, 7) is 0.786. The summed E-state index contributed by atoms with van der Waals surface area (Å²) in [7, 11) is 0. The van der Waals surface area contributed by atoms with Crippen LogP contribution in [0.5, 0.6) is 0 Å². The molecule has 0 bridgehead atoms. The predicted octanol–water partition coefficient (Wildman–Crippen LogP) is 1.62. The van der Waals surface area contributed by atoms with E-state index in [9.17, 15) is 5.11 Å². The van der Waals surface area contributed by atoms with Crippen LogP contribution in [0.2, 0.25) is 0 Å². The zero-order chi connectivity index (χ0) is 11.8. The molecule has 5 heteroatoms. The molecule has 0 aliphatic carbocycles. The molecule has 2 fully saturated rings. The summed E-state index contributed by atoms with van der Waals surface area (Å²) < 4.78 is 17.7. The third-order valence-corrected chi connectivity index (χ3v) is 3.59. The number of fused-ring (bicyclic) bond motifs is 1. The van der Waals surface area contributed by atoms with Crippen molar-refractivity contribution in [3.05, 3.63) is 34.3 Å². The minimum atomic E-state index is -0.554. The van der Waals surface area contributed by atoms with Crippen molar-refractivity contribution in [1.82, 2.24) is 0 Å². The maximum Gasteiger partial charge on any atom is 0.184 e. The Morgan fingerprint density at radius 3 is 2.65 bits per heavy atom. The Labute approximate surface area is 108 Å². The summed E-state index contributed by atoms with van der Waals surface area (Å²) in [6, 6.07) is 7.76. The average Bonchev–Trinajstić information content (AvgIpc) is 2.72. The van der Waals surface area contributed by atoms with E-state index in [4.69, 9.17) is 14.2 Å². The van der Waals surface area contributed by atoms with Gasteiger partial charge in [-0.05, 0) is 12.1 Å². The molecule has 1 N–H and O–H groups in total. The molecule has 4 nitrogen and oxygen atoms in total. The van der Waals surface area contributed by atoms with Crippen molar-refractivity contribution in [3.63, 3.8) is 0 Å². The zero-order valence-electron chi connectivity index (χ0n) is 9.08. The van der Waals surface area contributed by atoms with E-state index in [1.165, 1.54) is 0 Å². The van der Waals surface area contributed by atoms with Crippen molar-refractivity contribution < 1.29 is 19.3 Å². The highest BCUT2D eigenvalue weighted by molar-refractivity contribution is 9.10.